The van der Waals surface area contributed by atoms with Gasteiger partial charge in [-0.25, -0.2) is 0 Å². The molecule has 24 heavy (non-hydrogen) atoms. The number of aryl methyl sites for hydroxylation is 1. The van der Waals surface area contributed by atoms with E-state index in [4.69, 9.17) is 16.3 Å². The Morgan fingerprint density at radius 1 is 1.21 bits per heavy atom. The number of hydrogen-bond acceptors (Lipinski definition) is 3. The summed E-state index contributed by atoms with van der Waals surface area (Å²) in [6.07, 6.45) is 0. The third-order valence-electron chi connectivity index (χ3n) is 3.62. The van der Waals surface area contributed by atoms with Crippen molar-refractivity contribution < 1.29 is 9.53 Å². The molecule has 1 amide bonds. The zero-order chi connectivity index (χ0) is 17.4. The molecule has 128 valence electrons. The number of carbonyl (C=O) groups is 1. The lowest BCUT2D eigenvalue weighted by Gasteiger charge is -2.14. The Morgan fingerprint density at radius 2 is 1.96 bits per heavy atom. The molecule has 2 N–H and O–H groups in total. The maximum atomic E-state index is 11.8. The molecule has 0 fully saturated rings. The third-order valence-corrected chi connectivity index (χ3v) is 3.87. The van der Waals surface area contributed by atoms with E-state index in [1.54, 1.807) is 0 Å². The Kier molecular flexibility index (Phi) is 7.09. The predicted octanol–water partition coefficient (Wildman–Crippen LogP) is 3.49. The molecule has 0 saturated heterocycles. The van der Waals surface area contributed by atoms with E-state index in [0.29, 0.717) is 18.2 Å². The highest BCUT2D eigenvalue weighted by Crippen LogP contribution is 2.15. The first-order chi connectivity index (χ1) is 11.5. The molecular weight excluding hydrogens is 324 g/mol. The van der Waals surface area contributed by atoms with Crippen molar-refractivity contribution in [1.29, 1.82) is 0 Å². The molecule has 4 nitrogen and oxygen atoms in total. The zero-order valence-electron chi connectivity index (χ0n) is 14.0. The van der Waals surface area contributed by atoms with Crippen molar-refractivity contribution in [2.45, 2.75) is 19.9 Å². The van der Waals surface area contributed by atoms with Gasteiger partial charge < -0.3 is 15.4 Å². The second-order valence-electron chi connectivity index (χ2n) is 5.67. The topological polar surface area (TPSA) is 50.4 Å². The van der Waals surface area contributed by atoms with E-state index < -0.39 is 0 Å². The summed E-state index contributed by atoms with van der Waals surface area (Å²) in [7, 11) is 0. The summed E-state index contributed by atoms with van der Waals surface area (Å²) in [5.74, 6) is 0.766. The predicted molar refractivity (Wildman–Crippen MR) is 97.6 cm³/mol. The van der Waals surface area contributed by atoms with Gasteiger partial charge in [-0.3, -0.25) is 4.79 Å². The molecule has 0 bridgehead atoms. The fourth-order valence-corrected chi connectivity index (χ4v) is 2.37. The fourth-order valence-electron chi connectivity index (χ4n) is 2.24. The molecule has 1 atom stereocenters. The molecule has 2 aromatic rings. The first kappa shape index (κ1) is 18.3. The molecule has 0 spiro atoms. The normalized spacial score (nSPS) is 11.8. The van der Waals surface area contributed by atoms with Gasteiger partial charge in [0.1, 0.15) is 12.4 Å². The summed E-state index contributed by atoms with van der Waals surface area (Å²) in [6, 6.07) is 15.5. The van der Waals surface area contributed by atoms with Gasteiger partial charge in [-0.15, -0.1) is 0 Å². The van der Waals surface area contributed by atoms with Crippen molar-refractivity contribution in [3.63, 3.8) is 0 Å². The molecular formula is C19H23ClN2O2. The second kappa shape index (κ2) is 9.30. The number of nitrogens with one attached hydrogen (secondary N) is 2. The van der Waals surface area contributed by atoms with Crippen LogP contribution in [0.5, 0.6) is 5.75 Å². The maximum Gasteiger partial charge on any atom is 0.234 e. The van der Waals surface area contributed by atoms with Gasteiger partial charge in [0.2, 0.25) is 5.91 Å². The van der Waals surface area contributed by atoms with Crippen LogP contribution >= 0.6 is 11.6 Å². The van der Waals surface area contributed by atoms with Crippen LogP contribution in [0.3, 0.4) is 0 Å². The summed E-state index contributed by atoms with van der Waals surface area (Å²) in [4.78, 5) is 11.8. The number of rotatable bonds is 8. The van der Waals surface area contributed by atoms with Gasteiger partial charge in [0, 0.05) is 11.1 Å². The average molecular weight is 347 g/mol. The van der Waals surface area contributed by atoms with Gasteiger partial charge >= 0.3 is 0 Å². The summed E-state index contributed by atoms with van der Waals surface area (Å²) in [5.41, 5.74) is 2.24. The third kappa shape index (κ3) is 6.22. The number of benzene rings is 2. The minimum absolute atomic E-state index is 0.0522. The van der Waals surface area contributed by atoms with E-state index in [2.05, 4.69) is 10.6 Å². The van der Waals surface area contributed by atoms with Gasteiger partial charge in [0.25, 0.3) is 0 Å². The van der Waals surface area contributed by atoms with E-state index >= 15 is 0 Å². The highest BCUT2D eigenvalue weighted by molar-refractivity contribution is 6.30. The van der Waals surface area contributed by atoms with Crippen LogP contribution in [0.2, 0.25) is 5.02 Å². The Hall–Kier alpha value is -2.04. The summed E-state index contributed by atoms with van der Waals surface area (Å²) < 4.78 is 5.60. The number of amides is 1. The van der Waals surface area contributed by atoms with Gasteiger partial charge in [-0.05, 0) is 49.2 Å². The Morgan fingerprint density at radius 3 is 2.67 bits per heavy atom. The van der Waals surface area contributed by atoms with E-state index in [0.717, 1.165) is 16.9 Å². The van der Waals surface area contributed by atoms with Gasteiger partial charge in [-0.1, -0.05) is 35.9 Å². The van der Waals surface area contributed by atoms with Crippen molar-refractivity contribution in [3.05, 3.63) is 64.7 Å². The monoisotopic (exact) mass is 346 g/mol. The lowest BCUT2D eigenvalue weighted by molar-refractivity contribution is -0.120. The molecule has 0 radical (unpaired) electrons. The second-order valence-corrected chi connectivity index (χ2v) is 6.11. The summed E-state index contributed by atoms with van der Waals surface area (Å²) in [5, 5.41) is 6.73. The minimum Gasteiger partial charge on any atom is -0.492 e. The lowest BCUT2D eigenvalue weighted by Crippen LogP contribution is -2.37. The molecule has 0 aliphatic heterocycles. The number of ether oxygens (including phenoxy) is 1. The summed E-state index contributed by atoms with van der Waals surface area (Å²) in [6.45, 7) is 5.21. The number of carbonyl (C=O) groups excluding carboxylic acids is 1. The zero-order valence-corrected chi connectivity index (χ0v) is 14.8. The first-order valence-corrected chi connectivity index (χ1v) is 8.37. The van der Waals surface area contributed by atoms with Crippen LogP contribution in [-0.2, 0) is 4.79 Å². The fraction of sp³-hybridized carbons (Fsp3) is 0.316. The average Bonchev–Trinajstić information content (AvgIpc) is 2.57. The van der Waals surface area contributed by atoms with Crippen LogP contribution in [-0.4, -0.2) is 25.6 Å². The van der Waals surface area contributed by atoms with Crippen molar-refractivity contribution in [1.82, 2.24) is 10.6 Å². The van der Waals surface area contributed by atoms with Gasteiger partial charge in [-0.2, -0.15) is 0 Å². The van der Waals surface area contributed by atoms with Gasteiger partial charge in [0.05, 0.1) is 13.1 Å². The first-order valence-electron chi connectivity index (χ1n) is 7.99. The molecule has 0 aliphatic rings. The lowest BCUT2D eigenvalue weighted by atomic mass is 10.1. The molecule has 2 aromatic carbocycles. The Balaban J connectivity index is 1.63. The van der Waals surface area contributed by atoms with Crippen LogP contribution in [0.15, 0.2) is 48.5 Å². The molecule has 5 heteroatoms. The van der Waals surface area contributed by atoms with Crippen LogP contribution in [0.4, 0.5) is 0 Å². The van der Waals surface area contributed by atoms with Crippen LogP contribution < -0.4 is 15.4 Å². The Labute approximate surface area is 148 Å². The van der Waals surface area contributed by atoms with Crippen LogP contribution in [0.25, 0.3) is 0 Å². The maximum absolute atomic E-state index is 11.8. The molecule has 0 heterocycles. The summed E-state index contributed by atoms with van der Waals surface area (Å²) >= 11 is 5.87. The van der Waals surface area contributed by atoms with E-state index in [1.807, 2.05) is 62.4 Å². The van der Waals surface area contributed by atoms with Crippen molar-refractivity contribution in [2.75, 3.05) is 19.7 Å². The largest absolute Gasteiger partial charge is 0.492 e. The quantitative estimate of drug-likeness (QED) is 0.719. The molecule has 2 rings (SSSR count). The standard InChI is InChI=1S/C19H23ClN2O2/c1-14-4-3-5-18(12-14)24-11-10-21-19(23)13-22-15(2)16-6-8-17(20)9-7-16/h3-9,12,15,22H,10-11,13H2,1-2H3,(H,21,23)/t15-/m1/s1. The highest BCUT2D eigenvalue weighted by Gasteiger charge is 2.07. The van der Waals surface area contributed by atoms with Crippen molar-refractivity contribution >= 4 is 17.5 Å². The smallest absolute Gasteiger partial charge is 0.234 e. The van der Waals surface area contributed by atoms with Crippen molar-refractivity contribution in [2.24, 2.45) is 0 Å². The Bertz CT molecular complexity index is 659. The van der Waals surface area contributed by atoms with Gasteiger partial charge in [0.15, 0.2) is 0 Å². The van der Waals surface area contributed by atoms with E-state index in [-0.39, 0.29) is 18.5 Å². The van der Waals surface area contributed by atoms with Crippen LogP contribution in [0.1, 0.15) is 24.1 Å². The number of hydrogen-bond donors (Lipinski definition) is 2. The van der Waals surface area contributed by atoms with Crippen LogP contribution in [0, 0.1) is 6.92 Å². The SMILES string of the molecule is Cc1cccc(OCCNC(=O)CN[C@H](C)c2ccc(Cl)cc2)c1. The molecule has 0 aromatic heterocycles. The van der Waals surface area contributed by atoms with Crippen molar-refractivity contribution in [3.8, 4) is 5.75 Å². The highest BCUT2D eigenvalue weighted by atomic mass is 35.5. The molecule has 0 aliphatic carbocycles. The van der Waals surface area contributed by atoms with E-state index in [9.17, 15) is 4.79 Å². The minimum atomic E-state index is -0.0522. The molecule has 0 saturated carbocycles. The molecule has 0 unspecified atom stereocenters. The number of halogens is 1. The van der Waals surface area contributed by atoms with E-state index in [1.165, 1.54) is 0 Å².